The van der Waals surface area contributed by atoms with E-state index >= 15 is 0 Å². The Hall–Kier alpha value is -5.59. The van der Waals surface area contributed by atoms with Gasteiger partial charge in [-0.1, -0.05) is 72.8 Å². The van der Waals surface area contributed by atoms with Crippen LogP contribution in [0.5, 0.6) is 0 Å². The van der Waals surface area contributed by atoms with Crippen molar-refractivity contribution in [3.63, 3.8) is 0 Å². The topological polar surface area (TPSA) is 33.6 Å². The van der Waals surface area contributed by atoms with Gasteiger partial charge in [0.05, 0.1) is 33.7 Å². The highest BCUT2D eigenvalue weighted by atomic mass is 15.0. The third-order valence-electron chi connectivity index (χ3n) is 8.76. The van der Waals surface area contributed by atoms with Crippen molar-refractivity contribution in [1.29, 1.82) is 5.26 Å². The van der Waals surface area contributed by atoms with Crippen LogP contribution in [-0.2, 0) is 6.42 Å². The minimum atomic E-state index is 0.663. The number of aromatic nitrogens is 2. The molecule has 0 amide bonds. The lowest BCUT2D eigenvalue weighted by Crippen LogP contribution is -1.96. The van der Waals surface area contributed by atoms with Crippen LogP contribution in [0.25, 0.3) is 66.1 Å². The van der Waals surface area contributed by atoms with Crippen molar-refractivity contribution in [2.24, 2.45) is 0 Å². The van der Waals surface area contributed by atoms with Crippen molar-refractivity contribution in [3.05, 3.63) is 144 Å². The van der Waals surface area contributed by atoms with Crippen molar-refractivity contribution >= 4 is 43.6 Å². The van der Waals surface area contributed by atoms with Crippen LogP contribution in [0.2, 0.25) is 0 Å². The molecule has 0 bridgehead atoms. The van der Waals surface area contributed by atoms with Crippen molar-refractivity contribution < 1.29 is 0 Å². The van der Waals surface area contributed by atoms with Crippen molar-refractivity contribution in [2.45, 2.75) is 6.42 Å². The fraction of sp³-hybridized carbons (Fsp3) is 0.0263. The lowest BCUT2D eigenvalue weighted by atomic mass is 10.1. The summed E-state index contributed by atoms with van der Waals surface area (Å²) in [6.45, 7) is 0. The second kappa shape index (κ2) is 8.21. The van der Waals surface area contributed by atoms with Gasteiger partial charge in [-0.05, 0) is 83.3 Å². The Balaban J connectivity index is 1.33. The molecule has 2 heterocycles. The lowest BCUT2D eigenvalue weighted by molar-refractivity contribution is 1.16. The Bertz CT molecular complexity index is 2360. The Morgan fingerprint density at radius 2 is 1.07 bits per heavy atom. The molecule has 9 rings (SSSR count). The Labute approximate surface area is 236 Å². The normalized spacial score (nSPS) is 12.3. The van der Waals surface area contributed by atoms with Gasteiger partial charge in [0.1, 0.15) is 0 Å². The summed E-state index contributed by atoms with van der Waals surface area (Å²) in [4.78, 5) is 0. The highest BCUT2D eigenvalue weighted by Gasteiger charge is 2.21. The van der Waals surface area contributed by atoms with Gasteiger partial charge in [-0.3, -0.25) is 0 Å². The summed E-state index contributed by atoms with van der Waals surface area (Å²) in [5.74, 6) is 0. The predicted octanol–water partition coefficient (Wildman–Crippen LogP) is 9.32. The van der Waals surface area contributed by atoms with E-state index in [4.69, 9.17) is 0 Å². The molecule has 3 heteroatoms. The van der Waals surface area contributed by atoms with Crippen LogP contribution < -0.4 is 0 Å². The van der Waals surface area contributed by atoms with Crippen molar-refractivity contribution in [2.75, 3.05) is 0 Å². The van der Waals surface area contributed by atoms with E-state index in [1.165, 1.54) is 49.4 Å². The van der Waals surface area contributed by atoms with E-state index in [2.05, 4.69) is 130 Å². The first-order chi connectivity index (χ1) is 20.3. The van der Waals surface area contributed by atoms with Gasteiger partial charge >= 0.3 is 0 Å². The monoisotopic (exact) mass is 521 g/mol. The van der Waals surface area contributed by atoms with Gasteiger partial charge in [0, 0.05) is 32.9 Å². The average molecular weight is 522 g/mol. The molecule has 6 aromatic carbocycles. The molecule has 0 saturated carbocycles. The Morgan fingerprint density at radius 1 is 0.463 bits per heavy atom. The van der Waals surface area contributed by atoms with Crippen LogP contribution in [0.4, 0.5) is 0 Å². The fourth-order valence-corrected chi connectivity index (χ4v) is 6.95. The predicted molar refractivity (Wildman–Crippen MR) is 168 cm³/mol. The van der Waals surface area contributed by atoms with Gasteiger partial charge < -0.3 is 9.13 Å². The van der Waals surface area contributed by atoms with Gasteiger partial charge in [0.15, 0.2) is 0 Å². The molecule has 190 valence electrons. The van der Waals surface area contributed by atoms with Gasteiger partial charge in [0.25, 0.3) is 0 Å². The first kappa shape index (κ1) is 22.2. The molecule has 1 aliphatic rings. The van der Waals surface area contributed by atoms with E-state index in [1.54, 1.807) is 0 Å². The molecule has 1 aliphatic carbocycles. The molecule has 0 fully saturated rings. The molecule has 0 aliphatic heterocycles. The summed E-state index contributed by atoms with van der Waals surface area (Å²) in [6, 6.07) is 47.9. The summed E-state index contributed by atoms with van der Waals surface area (Å²) in [7, 11) is 0. The van der Waals surface area contributed by atoms with E-state index in [0.29, 0.717) is 5.56 Å². The van der Waals surface area contributed by atoms with Crippen LogP contribution in [-0.4, -0.2) is 9.13 Å². The molecule has 0 unspecified atom stereocenters. The molecule has 0 N–H and O–H groups in total. The smallest absolute Gasteiger partial charge is 0.0992 e. The van der Waals surface area contributed by atoms with Crippen molar-refractivity contribution in [1.82, 2.24) is 9.13 Å². The van der Waals surface area contributed by atoms with Crippen LogP contribution in [0, 0.1) is 11.3 Å². The molecule has 0 radical (unpaired) electrons. The minimum Gasteiger partial charge on any atom is -0.309 e. The highest BCUT2D eigenvalue weighted by molar-refractivity contribution is 6.12. The van der Waals surface area contributed by atoms with Crippen LogP contribution in [0.1, 0.15) is 16.7 Å². The standard InChI is InChI=1S/C38H23N3/c39-23-24-13-17-32-34-22-28(40-35-11-5-3-9-30(35)31-10-4-6-12-36(31)40)16-18-37(34)41(38(32)19-24)27-15-14-26-20-25-7-1-2-8-29(25)33(26)21-27/h1-19,21-22H,20H2. The van der Waals surface area contributed by atoms with E-state index in [1.807, 2.05) is 12.1 Å². The van der Waals surface area contributed by atoms with E-state index in [9.17, 15) is 5.26 Å². The molecule has 0 spiro atoms. The second-order valence-electron chi connectivity index (χ2n) is 10.9. The number of rotatable bonds is 2. The quantitative estimate of drug-likeness (QED) is 0.223. The van der Waals surface area contributed by atoms with Gasteiger partial charge in [-0.2, -0.15) is 5.26 Å². The maximum atomic E-state index is 9.78. The zero-order valence-electron chi connectivity index (χ0n) is 22.2. The molecule has 0 saturated heterocycles. The summed E-state index contributed by atoms with van der Waals surface area (Å²) < 4.78 is 4.69. The molecule has 41 heavy (non-hydrogen) atoms. The highest BCUT2D eigenvalue weighted by Crippen LogP contribution is 2.41. The first-order valence-corrected chi connectivity index (χ1v) is 14.0. The van der Waals surface area contributed by atoms with Crippen molar-refractivity contribution in [3.8, 4) is 28.6 Å². The number of fused-ring (bicyclic) bond motifs is 9. The maximum absolute atomic E-state index is 9.78. The van der Waals surface area contributed by atoms with E-state index in [-0.39, 0.29) is 0 Å². The molecule has 2 aromatic heterocycles. The third-order valence-corrected chi connectivity index (χ3v) is 8.76. The van der Waals surface area contributed by atoms with Gasteiger partial charge in [0.2, 0.25) is 0 Å². The van der Waals surface area contributed by atoms with Crippen LogP contribution in [0.3, 0.4) is 0 Å². The molecular formula is C38H23N3. The molecule has 8 aromatic rings. The minimum absolute atomic E-state index is 0.663. The van der Waals surface area contributed by atoms with E-state index < -0.39 is 0 Å². The van der Waals surface area contributed by atoms with Crippen LogP contribution in [0.15, 0.2) is 127 Å². The molecular weight excluding hydrogens is 498 g/mol. The lowest BCUT2D eigenvalue weighted by Gasteiger charge is -2.12. The fourth-order valence-electron chi connectivity index (χ4n) is 6.95. The number of nitriles is 1. The first-order valence-electron chi connectivity index (χ1n) is 14.0. The summed E-state index contributed by atoms with van der Waals surface area (Å²) >= 11 is 0. The second-order valence-corrected chi connectivity index (χ2v) is 10.9. The maximum Gasteiger partial charge on any atom is 0.0992 e. The number of nitrogens with zero attached hydrogens (tertiary/aromatic N) is 3. The van der Waals surface area contributed by atoms with Gasteiger partial charge in [-0.25, -0.2) is 0 Å². The zero-order valence-corrected chi connectivity index (χ0v) is 22.2. The SMILES string of the molecule is N#Cc1ccc2c3cc(-n4c5ccccc5c5ccccc54)ccc3n(-c3ccc4c(c3)-c3ccccc3C4)c2c1. The van der Waals surface area contributed by atoms with E-state index in [0.717, 1.165) is 34.2 Å². The zero-order chi connectivity index (χ0) is 27.1. The Morgan fingerprint density at radius 3 is 1.88 bits per heavy atom. The molecule has 0 atom stereocenters. The summed E-state index contributed by atoms with van der Waals surface area (Å²) in [5, 5.41) is 14.6. The third kappa shape index (κ3) is 3.08. The summed E-state index contributed by atoms with van der Waals surface area (Å²) in [5.41, 5.74) is 12.8. The molecule has 3 nitrogen and oxygen atoms in total. The number of hydrogen-bond donors (Lipinski definition) is 0. The van der Waals surface area contributed by atoms with Crippen LogP contribution >= 0.6 is 0 Å². The number of benzene rings is 6. The average Bonchev–Trinajstić information content (AvgIpc) is 3.67. The summed E-state index contributed by atoms with van der Waals surface area (Å²) in [6.07, 6.45) is 0.972. The number of hydrogen-bond acceptors (Lipinski definition) is 1. The number of para-hydroxylation sites is 2. The van der Waals surface area contributed by atoms with Gasteiger partial charge in [-0.15, -0.1) is 0 Å². The largest absolute Gasteiger partial charge is 0.309 e. The Kier molecular flexibility index (Phi) is 4.45.